The molecule has 116 valence electrons. The van der Waals surface area contributed by atoms with Gasteiger partial charge in [0.2, 0.25) is 0 Å². The van der Waals surface area contributed by atoms with Crippen LogP contribution in [0.4, 0.5) is 11.4 Å². The van der Waals surface area contributed by atoms with Crippen molar-refractivity contribution >= 4 is 17.6 Å². The van der Waals surface area contributed by atoms with Gasteiger partial charge >= 0.3 is 0 Å². The molecule has 4 nitrogen and oxygen atoms in total. The lowest BCUT2D eigenvalue weighted by molar-refractivity contribution is 0.415. The molecule has 2 aromatic rings. The van der Waals surface area contributed by atoms with Crippen LogP contribution in [0.1, 0.15) is 5.56 Å². The van der Waals surface area contributed by atoms with Gasteiger partial charge in [-0.15, -0.1) is 0 Å². The third kappa shape index (κ3) is 4.81. The monoisotopic (exact) mass is 297 g/mol. The molecule has 22 heavy (non-hydrogen) atoms. The molecule has 0 unspecified atom stereocenters. The van der Waals surface area contributed by atoms with Crippen molar-refractivity contribution < 1.29 is 4.74 Å². The standard InChI is InChI=1S/C18H23N3O/c1-21(2)17-8-6-16(7-9-17)20-13-12-19-14-15-4-10-18(22-3)11-5-15/h4-11,14,20H,12-13H2,1-3H3. The summed E-state index contributed by atoms with van der Waals surface area (Å²) in [5, 5.41) is 3.36. The summed E-state index contributed by atoms with van der Waals surface area (Å²) in [4.78, 5) is 6.51. The predicted molar refractivity (Wildman–Crippen MR) is 94.7 cm³/mol. The Balaban J connectivity index is 1.75. The Morgan fingerprint density at radius 1 is 1.05 bits per heavy atom. The Bertz CT molecular complexity index is 589. The van der Waals surface area contributed by atoms with Crippen LogP contribution in [-0.4, -0.2) is 40.5 Å². The number of hydrogen-bond acceptors (Lipinski definition) is 4. The van der Waals surface area contributed by atoms with E-state index < -0.39 is 0 Å². The average molecular weight is 297 g/mol. The number of nitrogens with one attached hydrogen (secondary N) is 1. The van der Waals surface area contributed by atoms with E-state index in [4.69, 9.17) is 4.74 Å². The highest BCUT2D eigenvalue weighted by Crippen LogP contribution is 2.15. The number of methoxy groups -OCH3 is 1. The predicted octanol–water partition coefficient (Wildman–Crippen LogP) is 3.29. The summed E-state index contributed by atoms with van der Waals surface area (Å²) >= 11 is 0. The molecule has 2 aromatic carbocycles. The molecule has 2 rings (SSSR count). The Morgan fingerprint density at radius 3 is 2.32 bits per heavy atom. The van der Waals surface area contributed by atoms with Crippen molar-refractivity contribution in [3.8, 4) is 5.75 Å². The molecular formula is C18H23N3O. The first-order valence-corrected chi connectivity index (χ1v) is 7.34. The SMILES string of the molecule is COc1ccc(C=NCCNc2ccc(N(C)C)cc2)cc1. The van der Waals surface area contributed by atoms with Gasteiger partial charge in [-0.05, 0) is 54.1 Å². The number of rotatable bonds is 7. The molecule has 0 saturated heterocycles. The maximum Gasteiger partial charge on any atom is 0.118 e. The molecule has 0 aliphatic rings. The Morgan fingerprint density at radius 2 is 1.73 bits per heavy atom. The summed E-state index contributed by atoms with van der Waals surface area (Å²) in [7, 11) is 5.74. The Labute approximate surface area is 132 Å². The van der Waals surface area contributed by atoms with Gasteiger partial charge in [0.25, 0.3) is 0 Å². The average Bonchev–Trinajstić information content (AvgIpc) is 2.55. The molecule has 0 atom stereocenters. The van der Waals surface area contributed by atoms with Crippen LogP contribution in [0.3, 0.4) is 0 Å². The van der Waals surface area contributed by atoms with Crippen LogP contribution in [0.5, 0.6) is 5.75 Å². The number of benzene rings is 2. The molecule has 0 aromatic heterocycles. The van der Waals surface area contributed by atoms with E-state index in [1.807, 2.05) is 44.6 Å². The summed E-state index contributed by atoms with van der Waals surface area (Å²) in [5.41, 5.74) is 3.39. The minimum atomic E-state index is 0.738. The van der Waals surface area contributed by atoms with Gasteiger partial charge in [0.15, 0.2) is 0 Å². The highest BCUT2D eigenvalue weighted by atomic mass is 16.5. The van der Waals surface area contributed by atoms with Gasteiger partial charge < -0.3 is 15.0 Å². The fourth-order valence-electron chi connectivity index (χ4n) is 2.00. The lowest BCUT2D eigenvalue weighted by Crippen LogP contribution is -2.09. The number of ether oxygens (including phenoxy) is 1. The number of anilines is 2. The van der Waals surface area contributed by atoms with Crippen LogP contribution >= 0.6 is 0 Å². The fraction of sp³-hybridized carbons (Fsp3) is 0.278. The van der Waals surface area contributed by atoms with Crippen molar-refractivity contribution in [3.05, 3.63) is 54.1 Å². The summed E-state index contributed by atoms with van der Waals surface area (Å²) in [6.45, 7) is 1.55. The zero-order valence-corrected chi connectivity index (χ0v) is 13.4. The lowest BCUT2D eigenvalue weighted by Gasteiger charge is -2.13. The van der Waals surface area contributed by atoms with E-state index in [0.29, 0.717) is 0 Å². The second kappa shape index (κ2) is 8.08. The van der Waals surface area contributed by atoms with E-state index in [9.17, 15) is 0 Å². The first-order chi connectivity index (χ1) is 10.7. The van der Waals surface area contributed by atoms with Gasteiger partial charge in [-0.1, -0.05) is 0 Å². The maximum absolute atomic E-state index is 5.13. The van der Waals surface area contributed by atoms with Crippen molar-refractivity contribution in [2.24, 2.45) is 4.99 Å². The molecule has 1 N–H and O–H groups in total. The van der Waals surface area contributed by atoms with Gasteiger partial charge in [-0.2, -0.15) is 0 Å². The molecule has 0 aliphatic heterocycles. The second-order valence-electron chi connectivity index (χ2n) is 5.18. The third-order valence-corrected chi connectivity index (χ3v) is 3.31. The van der Waals surface area contributed by atoms with E-state index in [1.165, 1.54) is 5.69 Å². The molecule has 4 heteroatoms. The Kier molecular flexibility index (Phi) is 5.83. The normalized spacial score (nSPS) is 10.7. The van der Waals surface area contributed by atoms with Gasteiger partial charge in [0.1, 0.15) is 5.75 Å². The van der Waals surface area contributed by atoms with Crippen LogP contribution in [0.2, 0.25) is 0 Å². The van der Waals surface area contributed by atoms with Crippen LogP contribution < -0.4 is 15.0 Å². The van der Waals surface area contributed by atoms with E-state index in [0.717, 1.165) is 30.1 Å². The fourth-order valence-corrected chi connectivity index (χ4v) is 2.00. The minimum absolute atomic E-state index is 0.738. The molecule has 0 fully saturated rings. The first kappa shape index (κ1) is 15.9. The molecular weight excluding hydrogens is 274 g/mol. The van der Waals surface area contributed by atoms with Crippen molar-refractivity contribution in [2.75, 3.05) is 44.5 Å². The van der Waals surface area contributed by atoms with E-state index in [1.54, 1.807) is 7.11 Å². The van der Waals surface area contributed by atoms with Gasteiger partial charge in [-0.25, -0.2) is 0 Å². The van der Waals surface area contributed by atoms with Crippen molar-refractivity contribution in [1.82, 2.24) is 0 Å². The number of nitrogens with zero attached hydrogens (tertiary/aromatic N) is 2. The van der Waals surface area contributed by atoms with Crippen LogP contribution in [0.25, 0.3) is 0 Å². The quantitative estimate of drug-likeness (QED) is 0.629. The zero-order valence-electron chi connectivity index (χ0n) is 13.4. The van der Waals surface area contributed by atoms with E-state index >= 15 is 0 Å². The smallest absolute Gasteiger partial charge is 0.118 e. The number of hydrogen-bond donors (Lipinski definition) is 1. The van der Waals surface area contributed by atoms with Crippen molar-refractivity contribution in [2.45, 2.75) is 0 Å². The van der Waals surface area contributed by atoms with Crippen LogP contribution in [-0.2, 0) is 0 Å². The molecule has 0 aliphatic carbocycles. The Hall–Kier alpha value is -2.49. The molecule has 0 radical (unpaired) electrons. The summed E-state index contributed by atoms with van der Waals surface area (Å²) in [6, 6.07) is 16.2. The molecule has 0 bridgehead atoms. The number of aliphatic imine (C=N–C) groups is 1. The third-order valence-electron chi connectivity index (χ3n) is 3.31. The van der Waals surface area contributed by atoms with Crippen molar-refractivity contribution in [1.29, 1.82) is 0 Å². The van der Waals surface area contributed by atoms with E-state index in [-0.39, 0.29) is 0 Å². The molecule has 0 amide bonds. The molecule has 0 heterocycles. The summed E-state index contributed by atoms with van der Waals surface area (Å²) in [5.74, 6) is 0.861. The topological polar surface area (TPSA) is 36.9 Å². The summed E-state index contributed by atoms with van der Waals surface area (Å²) in [6.07, 6.45) is 1.89. The first-order valence-electron chi connectivity index (χ1n) is 7.34. The maximum atomic E-state index is 5.13. The molecule has 0 saturated carbocycles. The minimum Gasteiger partial charge on any atom is -0.497 e. The van der Waals surface area contributed by atoms with Gasteiger partial charge in [0, 0.05) is 38.2 Å². The lowest BCUT2D eigenvalue weighted by atomic mass is 10.2. The second-order valence-corrected chi connectivity index (χ2v) is 5.18. The van der Waals surface area contributed by atoms with E-state index in [2.05, 4.69) is 39.5 Å². The largest absolute Gasteiger partial charge is 0.497 e. The van der Waals surface area contributed by atoms with Crippen molar-refractivity contribution in [3.63, 3.8) is 0 Å². The molecule has 0 spiro atoms. The van der Waals surface area contributed by atoms with Gasteiger partial charge in [-0.3, -0.25) is 4.99 Å². The van der Waals surface area contributed by atoms with Crippen LogP contribution in [0, 0.1) is 0 Å². The highest BCUT2D eigenvalue weighted by Gasteiger charge is 1.95. The zero-order chi connectivity index (χ0) is 15.8. The van der Waals surface area contributed by atoms with Gasteiger partial charge in [0.05, 0.1) is 13.7 Å². The summed E-state index contributed by atoms with van der Waals surface area (Å²) < 4.78 is 5.13. The highest BCUT2D eigenvalue weighted by molar-refractivity contribution is 5.79. The van der Waals surface area contributed by atoms with Crippen LogP contribution in [0.15, 0.2) is 53.5 Å².